The summed E-state index contributed by atoms with van der Waals surface area (Å²) in [6.45, 7) is 6.33. The summed E-state index contributed by atoms with van der Waals surface area (Å²) in [6.07, 6.45) is 0.678. The summed E-state index contributed by atoms with van der Waals surface area (Å²) >= 11 is 1.45. The van der Waals surface area contributed by atoms with Crippen LogP contribution >= 0.6 is 11.8 Å². The molecule has 1 unspecified atom stereocenters. The van der Waals surface area contributed by atoms with E-state index in [2.05, 4.69) is 15.3 Å². The average molecular weight is 408 g/mol. The zero-order chi connectivity index (χ0) is 20.6. The first-order chi connectivity index (χ1) is 14.1. The van der Waals surface area contributed by atoms with Crippen molar-refractivity contribution in [2.45, 2.75) is 37.5 Å². The van der Waals surface area contributed by atoms with Gasteiger partial charge >= 0.3 is 0 Å². The number of carbonyl (C=O) groups is 1. The Morgan fingerprint density at radius 2 is 1.79 bits per heavy atom. The summed E-state index contributed by atoms with van der Waals surface area (Å²) in [6, 6.07) is 19.4. The summed E-state index contributed by atoms with van der Waals surface area (Å²) in [5.74, 6) is 1.29. The number of nitrogens with one attached hydrogen (secondary N) is 1. The molecule has 3 rings (SSSR count). The number of anilines is 1. The van der Waals surface area contributed by atoms with E-state index >= 15 is 0 Å². The van der Waals surface area contributed by atoms with Crippen molar-refractivity contribution in [3.05, 3.63) is 66.5 Å². The first kappa shape index (κ1) is 20.9. The molecular formula is C23H25N3O2S. The summed E-state index contributed by atoms with van der Waals surface area (Å²) in [5.41, 5.74) is 2.57. The summed E-state index contributed by atoms with van der Waals surface area (Å²) < 4.78 is 5.61. The van der Waals surface area contributed by atoms with Crippen LogP contribution in [0.4, 0.5) is 5.69 Å². The second-order valence-electron chi connectivity index (χ2n) is 6.44. The maximum absolute atomic E-state index is 12.9. The van der Waals surface area contributed by atoms with Gasteiger partial charge in [-0.05, 0) is 38.5 Å². The number of rotatable bonds is 8. The van der Waals surface area contributed by atoms with E-state index in [1.54, 1.807) is 0 Å². The Labute approximate surface area is 175 Å². The van der Waals surface area contributed by atoms with Gasteiger partial charge in [-0.3, -0.25) is 4.79 Å². The molecule has 0 spiro atoms. The summed E-state index contributed by atoms with van der Waals surface area (Å²) in [7, 11) is 0. The summed E-state index contributed by atoms with van der Waals surface area (Å²) in [4.78, 5) is 22.0. The number of hydrogen-bond donors (Lipinski definition) is 1. The van der Waals surface area contributed by atoms with Gasteiger partial charge in [0, 0.05) is 5.56 Å². The van der Waals surface area contributed by atoms with E-state index in [-0.39, 0.29) is 11.2 Å². The Morgan fingerprint density at radius 1 is 1.07 bits per heavy atom. The van der Waals surface area contributed by atoms with Crippen LogP contribution in [0.3, 0.4) is 0 Å². The molecule has 5 nitrogen and oxygen atoms in total. The van der Waals surface area contributed by atoms with Crippen LogP contribution in [-0.4, -0.2) is 27.7 Å². The van der Waals surface area contributed by atoms with E-state index in [1.165, 1.54) is 11.8 Å². The predicted octanol–water partition coefficient (Wildman–Crippen LogP) is 5.36. The zero-order valence-corrected chi connectivity index (χ0v) is 17.7. The van der Waals surface area contributed by atoms with Crippen LogP contribution in [0.25, 0.3) is 11.3 Å². The van der Waals surface area contributed by atoms with Gasteiger partial charge in [-0.2, -0.15) is 0 Å². The third-order valence-electron chi connectivity index (χ3n) is 4.25. The van der Waals surface area contributed by atoms with E-state index in [0.717, 1.165) is 16.3 Å². The van der Waals surface area contributed by atoms with Crippen molar-refractivity contribution >= 4 is 23.4 Å². The number of thioether (sulfide) groups is 1. The van der Waals surface area contributed by atoms with Crippen LogP contribution in [-0.2, 0) is 4.79 Å². The second kappa shape index (κ2) is 10.1. The van der Waals surface area contributed by atoms with E-state index in [1.807, 2.05) is 81.4 Å². The number of amides is 1. The van der Waals surface area contributed by atoms with Gasteiger partial charge in [0.05, 0.1) is 23.2 Å². The molecule has 0 aliphatic carbocycles. The highest BCUT2D eigenvalue weighted by Crippen LogP contribution is 2.30. The molecule has 1 heterocycles. The molecule has 0 bridgehead atoms. The van der Waals surface area contributed by atoms with Crippen LogP contribution in [0, 0.1) is 6.92 Å². The number of carbonyl (C=O) groups excluding carboxylic acids is 1. The number of benzene rings is 2. The highest BCUT2D eigenvalue weighted by atomic mass is 32.2. The second-order valence-corrected chi connectivity index (χ2v) is 7.66. The van der Waals surface area contributed by atoms with Gasteiger partial charge in [0.1, 0.15) is 16.6 Å². The monoisotopic (exact) mass is 407 g/mol. The molecule has 1 amide bonds. The van der Waals surface area contributed by atoms with E-state index in [9.17, 15) is 4.79 Å². The van der Waals surface area contributed by atoms with Gasteiger partial charge in [-0.25, -0.2) is 9.97 Å². The smallest absolute Gasteiger partial charge is 0.238 e. The molecule has 0 saturated heterocycles. The van der Waals surface area contributed by atoms with Crippen LogP contribution in [0.1, 0.15) is 26.1 Å². The van der Waals surface area contributed by atoms with Crippen molar-refractivity contribution < 1.29 is 9.53 Å². The van der Waals surface area contributed by atoms with Crippen molar-refractivity contribution in [3.8, 4) is 17.0 Å². The van der Waals surface area contributed by atoms with Gasteiger partial charge in [0.2, 0.25) is 5.91 Å². The normalized spacial score (nSPS) is 11.7. The maximum atomic E-state index is 12.9. The van der Waals surface area contributed by atoms with Crippen molar-refractivity contribution in [3.63, 3.8) is 0 Å². The molecule has 1 N–H and O–H groups in total. The lowest BCUT2D eigenvalue weighted by atomic mass is 10.1. The topological polar surface area (TPSA) is 64.1 Å². The van der Waals surface area contributed by atoms with Crippen molar-refractivity contribution in [1.29, 1.82) is 0 Å². The fourth-order valence-electron chi connectivity index (χ4n) is 2.89. The highest BCUT2D eigenvalue weighted by molar-refractivity contribution is 8.00. The lowest BCUT2D eigenvalue weighted by Crippen LogP contribution is -2.25. The molecule has 3 aromatic rings. The van der Waals surface area contributed by atoms with E-state index in [4.69, 9.17) is 4.74 Å². The fourth-order valence-corrected chi connectivity index (χ4v) is 3.88. The number of para-hydroxylation sites is 2. The lowest BCUT2D eigenvalue weighted by molar-refractivity contribution is -0.115. The van der Waals surface area contributed by atoms with Crippen LogP contribution in [0.2, 0.25) is 0 Å². The fraction of sp³-hybridized carbons (Fsp3) is 0.261. The molecular weight excluding hydrogens is 382 g/mol. The van der Waals surface area contributed by atoms with Crippen LogP contribution < -0.4 is 10.1 Å². The van der Waals surface area contributed by atoms with E-state index in [0.29, 0.717) is 30.3 Å². The number of hydrogen-bond acceptors (Lipinski definition) is 5. The van der Waals surface area contributed by atoms with Crippen molar-refractivity contribution in [2.24, 2.45) is 0 Å². The zero-order valence-electron chi connectivity index (χ0n) is 16.9. The molecule has 1 aromatic heterocycles. The third-order valence-corrected chi connectivity index (χ3v) is 5.54. The highest BCUT2D eigenvalue weighted by Gasteiger charge is 2.20. The molecule has 0 aliphatic rings. The Hall–Kier alpha value is -2.86. The molecule has 6 heteroatoms. The number of ether oxygens (including phenoxy) is 1. The van der Waals surface area contributed by atoms with Gasteiger partial charge in [-0.15, -0.1) is 0 Å². The third kappa shape index (κ3) is 5.57. The Kier molecular flexibility index (Phi) is 7.25. The molecule has 0 saturated carbocycles. The Balaban J connectivity index is 1.78. The van der Waals surface area contributed by atoms with Gasteiger partial charge in [0.15, 0.2) is 0 Å². The largest absolute Gasteiger partial charge is 0.492 e. The molecule has 2 aromatic carbocycles. The molecule has 0 aliphatic heterocycles. The van der Waals surface area contributed by atoms with Crippen molar-refractivity contribution in [2.75, 3.05) is 11.9 Å². The standard InChI is InChI=1S/C23H25N3O2S/c1-4-21(23(27)26-18-13-9-10-14-20(18)28-5-2)29-22-15-19(24-16(3)25-22)17-11-7-6-8-12-17/h6-15,21H,4-5H2,1-3H3,(H,26,27). The van der Waals surface area contributed by atoms with Crippen LogP contribution in [0.5, 0.6) is 5.75 Å². The SMILES string of the molecule is CCOc1ccccc1NC(=O)C(CC)Sc1cc(-c2ccccc2)nc(C)n1. The molecule has 1 atom stereocenters. The van der Waals surface area contributed by atoms with Gasteiger partial charge in [0.25, 0.3) is 0 Å². The quantitative estimate of drug-likeness (QED) is 0.402. The van der Waals surface area contributed by atoms with Crippen molar-refractivity contribution in [1.82, 2.24) is 9.97 Å². The minimum atomic E-state index is -0.275. The minimum Gasteiger partial charge on any atom is -0.492 e. The van der Waals surface area contributed by atoms with Gasteiger partial charge in [-0.1, -0.05) is 61.2 Å². The first-order valence-electron chi connectivity index (χ1n) is 9.71. The first-order valence-corrected chi connectivity index (χ1v) is 10.6. The lowest BCUT2D eigenvalue weighted by Gasteiger charge is -2.17. The predicted molar refractivity (Wildman–Crippen MR) is 118 cm³/mol. The Morgan fingerprint density at radius 3 is 2.52 bits per heavy atom. The molecule has 29 heavy (non-hydrogen) atoms. The number of aromatic nitrogens is 2. The Bertz CT molecular complexity index is 963. The molecule has 0 radical (unpaired) electrons. The average Bonchev–Trinajstić information content (AvgIpc) is 2.74. The van der Waals surface area contributed by atoms with Crippen LogP contribution in [0.15, 0.2) is 65.7 Å². The maximum Gasteiger partial charge on any atom is 0.238 e. The van der Waals surface area contributed by atoms with E-state index < -0.39 is 0 Å². The number of aryl methyl sites for hydroxylation is 1. The van der Waals surface area contributed by atoms with Gasteiger partial charge < -0.3 is 10.1 Å². The molecule has 150 valence electrons. The molecule has 0 fully saturated rings. The number of nitrogens with zero attached hydrogens (tertiary/aromatic N) is 2. The summed E-state index contributed by atoms with van der Waals surface area (Å²) in [5, 5.41) is 3.51. The minimum absolute atomic E-state index is 0.0674.